The fourth-order valence-electron chi connectivity index (χ4n) is 2.99. The highest BCUT2D eigenvalue weighted by molar-refractivity contribution is 6.36. The van der Waals surface area contributed by atoms with Crippen LogP contribution in [-0.4, -0.2) is 59.3 Å². The Morgan fingerprint density at radius 2 is 1.81 bits per heavy atom. The average Bonchev–Trinajstić information content (AvgIpc) is 2.90. The molecule has 0 atom stereocenters. The van der Waals surface area contributed by atoms with E-state index in [4.69, 9.17) is 23.2 Å². The van der Waals surface area contributed by atoms with E-state index in [1.165, 1.54) is 0 Å². The summed E-state index contributed by atoms with van der Waals surface area (Å²) in [7, 11) is 0. The predicted molar refractivity (Wildman–Crippen MR) is 106 cm³/mol. The van der Waals surface area contributed by atoms with Gasteiger partial charge in [0.15, 0.2) is 0 Å². The van der Waals surface area contributed by atoms with Crippen LogP contribution in [0.2, 0.25) is 10.0 Å². The third-order valence-electron chi connectivity index (χ3n) is 4.38. The Morgan fingerprint density at radius 3 is 2.56 bits per heavy atom. The maximum absolute atomic E-state index is 12.6. The van der Waals surface area contributed by atoms with Gasteiger partial charge in [-0.2, -0.15) is 0 Å². The molecular formula is C19H20Cl2N4O2. The lowest BCUT2D eigenvalue weighted by Gasteiger charge is -2.22. The zero-order valence-electron chi connectivity index (χ0n) is 14.7. The molecule has 0 bridgehead atoms. The second-order valence-corrected chi connectivity index (χ2v) is 7.17. The van der Waals surface area contributed by atoms with Crippen molar-refractivity contribution in [1.29, 1.82) is 0 Å². The molecule has 1 N–H and O–H groups in total. The van der Waals surface area contributed by atoms with Gasteiger partial charge >= 0.3 is 0 Å². The number of nitrogens with one attached hydrogen (secondary N) is 1. The van der Waals surface area contributed by atoms with Crippen molar-refractivity contribution in [2.45, 2.75) is 6.42 Å². The molecular weight excluding hydrogens is 387 g/mol. The van der Waals surface area contributed by atoms with Crippen LogP contribution >= 0.6 is 23.2 Å². The zero-order chi connectivity index (χ0) is 19.2. The molecule has 27 heavy (non-hydrogen) atoms. The normalized spacial score (nSPS) is 15.3. The molecule has 1 saturated heterocycles. The average molecular weight is 407 g/mol. The standard InChI is InChI=1S/C19H20Cl2N4O2/c20-15-2-3-17(16(21)12-15)23-18(26)13-24-8-1-9-25(11-10-24)19(27)14-4-6-22-7-5-14/h2-7,12H,1,8-11,13H2,(H,23,26). The second kappa shape index (κ2) is 9.17. The van der Waals surface area contributed by atoms with Crippen molar-refractivity contribution in [2.75, 3.05) is 38.0 Å². The monoisotopic (exact) mass is 406 g/mol. The van der Waals surface area contributed by atoms with Crippen LogP contribution in [0.4, 0.5) is 5.69 Å². The van der Waals surface area contributed by atoms with Gasteiger partial charge in [-0.1, -0.05) is 23.2 Å². The number of pyridine rings is 1. The molecule has 3 rings (SSSR count). The Bertz CT molecular complexity index is 817. The van der Waals surface area contributed by atoms with Crippen molar-refractivity contribution >= 4 is 40.7 Å². The topological polar surface area (TPSA) is 65.5 Å². The summed E-state index contributed by atoms with van der Waals surface area (Å²) in [6, 6.07) is 8.38. The molecule has 0 spiro atoms. The van der Waals surface area contributed by atoms with Gasteiger partial charge in [0, 0.05) is 49.2 Å². The fourth-order valence-corrected chi connectivity index (χ4v) is 3.45. The van der Waals surface area contributed by atoms with Crippen molar-refractivity contribution < 1.29 is 9.59 Å². The number of rotatable bonds is 4. The first-order valence-electron chi connectivity index (χ1n) is 8.69. The van der Waals surface area contributed by atoms with Gasteiger partial charge in [0.25, 0.3) is 5.91 Å². The van der Waals surface area contributed by atoms with Crippen LogP contribution in [0.5, 0.6) is 0 Å². The number of hydrogen-bond acceptors (Lipinski definition) is 4. The summed E-state index contributed by atoms with van der Waals surface area (Å²) in [6.45, 7) is 2.88. The minimum Gasteiger partial charge on any atom is -0.337 e. The quantitative estimate of drug-likeness (QED) is 0.846. The molecule has 0 aliphatic carbocycles. The van der Waals surface area contributed by atoms with E-state index >= 15 is 0 Å². The molecule has 0 radical (unpaired) electrons. The number of aromatic nitrogens is 1. The van der Waals surface area contributed by atoms with Crippen molar-refractivity contribution in [3.8, 4) is 0 Å². The van der Waals surface area contributed by atoms with Crippen LogP contribution in [0.15, 0.2) is 42.7 Å². The van der Waals surface area contributed by atoms with Crippen LogP contribution in [0.25, 0.3) is 0 Å². The number of amides is 2. The number of carbonyl (C=O) groups excluding carboxylic acids is 2. The van der Waals surface area contributed by atoms with Crippen LogP contribution in [0.1, 0.15) is 16.8 Å². The summed E-state index contributed by atoms with van der Waals surface area (Å²) in [5.41, 5.74) is 1.17. The number of benzene rings is 1. The molecule has 1 fully saturated rings. The van der Waals surface area contributed by atoms with Gasteiger partial charge in [0.1, 0.15) is 0 Å². The minimum atomic E-state index is -0.145. The Balaban J connectivity index is 1.53. The summed E-state index contributed by atoms with van der Waals surface area (Å²) in [5.74, 6) is -0.148. The molecule has 8 heteroatoms. The second-order valence-electron chi connectivity index (χ2n) is 6.33. The molecule has 2 aromatic rings. The van der Waals surface area contributed by atoms with Gasteiger partial charge in [-0.05, 0) is 36.8 Å². The zero-order valence-corrected chi connectivity index (χ0v) is 16.2. The van der Waals surface area contributed by atoms with E-state index in [1.54, 1.807) is 42.7 Å². The lowest BCUT2D eigenvalue weighted by atomic mass is 10.2. The lowest BCUT2D eigenvalue weighted by molar-refractivity contribution is -0.117. The first kappa shape index (κ1) is 19.6. The minimum absolute atomic E-state index is 0.00310. The van der Waals surface area contributed by atoms with E-state index in [9.17, 15) is 9.59 Å². The molecule has 1 aromatic carbocycles. The Hall–Kier alpha value is -2.15. The van der Waals surface area contributed by atoms with Gasteiger partial charge in [-0.25, -0.2) is 0 Å². The summed E-state index contributed by atoms with van der Waals surface area (Å²) < 4.78 is 0. The maximum atomic E-state index is 12.6. The summed E-state index contributed by atoms with van der Waals surface area (Å²) >= 11 is 12.0. The molecule has 1 aliphatic heterocycles. The SMILES string of the molecule is O=C(CN1CCCN(C(=O)c2ccncc2)CC1)Nc1ccc(Cl)cc1Cl. The molecule has 1 aliphatic rings. The molecule has 0 saturated carbocycles. The van der Waals surface area contributed by atoms with Crippen LogP contribution in [0, 0.1) is 0 Å². The van der Waals surface area contributed by atoms with E-state index < -0.39 is 0 Å². The molecule has 2 amide bonds. The first-order valence-corrected chi connectivity index (χ1v) is 9.45. The van der Waals surface area contributed by atoms with Crippen molar-refractivity contribution in [1.82, 2.24) is 14.8 Å². The number of nitrogens with zero attached hydrogens (tertiary/aromatic N) is 3. The maximum Gasteiger partial charge on any atom is 0.254 e. The lowest BCUT2D eigenvalue weighted by Crippen LogP contribution is -2.38. The largest absolute Gasteiger partial charge is 0.337 e. The highest BCUT2D eigenvalue weighted by Gasteiger charge is 2.21. The van der Waals surface area contributed by atoms with Crippen molar-refractivity contribution in [3.63, 3.8) is 0 Å². The number of halogens is 2. The molecule has 142 valence electrons. The summed E-state index contributed by atoms with van der Waals surface area (Å²) in [4.78, 5) is 32.7. The van der Waals surface area contributed by atoms with Gasteiger partial charge in [-0.15, -0.1) is 0 Å². The van der Waals surface area contributed by atoms with Gasteiger partial charge in [0.2, 0.25) is 5.91 Å². The predicted octanol–water partition coefficient (Wildman–Crippen LogP) is 3.18. The van der Waals surface area contributed by atoms with Crippen LogP contribution < -0.4 is 5.32 Å². The van der Waals surface area contributed by atoms with Crippen molar-refractivity contribution in [3.05, 3.63) is 58.3 Å². The number of anilines is 1. The Labute approximate surface area is 168 Å². The summed E-state index contributed by atoms with van der Waals surface area (Å²) in [6.07, 6.45) is 4.04. The van der Waals surface area contributed by atoms with E-state index in [1.807, 2.05) is 9.80 Å². The van der Waals surface area contributed by atoms with E-state index in [0.29, 0.717) is 40.9 Å². The molecule has 1 aromatic heterocycles. The number of carbonyl (C=O) groups is 2. The first-order chi connectivity index (χ1) is 13.0. The van der Waals surface area contributed by atoms with Gasteiger partial charge in [-0.3, -0.25) is 19.5 Å². The van der Waals surface area contributed by atoms with Gasteiger partial charge in [0.05, 0.1) is 17.3 Å². The smallest absolute Gasteiger partial charge is 0.254 e. The van der Waals surface area contributed by atoms with Crippen molar-refractivity contribution in [2.24, 2.45) is 0 Å². The Kier molecular flexibility index (Phi) is 6.66. The molecule has 6 nitrogen and oxygen atoms in total. The molecule has 0 unspecified atom stereocenters. The highest BCUT2D eigenvalue weighted by atomic mass is 35.5. The fraction of sp³-hybridized carbons (Fsp3) is 0.316. The van der Waals surface area contributed by atoms with E-state index in [0.717, 1.165) is 13.0 Å². The van der Waals surface area contributed by atoms with E-state index in [2.05, 4.69) is 10.3 Å². The van der Waals surface area contributed by atoms with E-state index in [-0.39, 0.29) is 18.4 Å². The van der Waals surface area contributed by atoms with Gasteiger partial charge < -0.3 is 10.2 Å². The summed E-state index contributed by atoms with van der Waals surface area (Å²) in [5, 5.41) is 3.73. The Morgan fingerprint density at radius 1 is 1.04 bits per heavy atom. The highest BCUT2D eigenvalue weighted by Crippen LogP contribution is 2.25. The molecule has 2 heterocycles. The van der Waals surface area contributed by atoms with Crippen LogP contribution in [-0.2, 0) is 4.79 Å². The third-order valence-corrected chi connectivity index (χ3v) is 4.92. The third kappa shape index (κ3) is 5.42. The van der Waals surface area contributed by atoms with Crippen LogP contribution in [0.3, 0.4) is 0 Å². The number of hydrogen-bond donors (Lipinski definition) is 1.